The number of esters is 1. The van der Waals surface area contributed by atoms with Crippen molar-refractivity contribution in [2.24, 2.45) is 0 Å². The lowest BCUT2D eigenvalue weighted by molar-refractivity contribution is -0.136. The molecule has 0 aromatic heterocycles. The standard InChI is InChI=1S/C16H20ClNO5S2/c1-3-18(11-6-7-25(21,22)10-11)15(19)9-23-16(20)13-8-12(24-2)4-5-14(13)17/h4-5,8,11H,3,6-7,9-10H2,1-2H3/t11-/m0/s1. The fourth-order valence-electron chi connectivity index (χ4n) is 2.74. The molecule has 1 atom stereocenters. The molecule has 0 bridgehead atoms. The van der Waals surface area contributed by atoms with E-state index in [1.165, 1.54) is 16.7 Å². The molecule has 1 aromatic rings. The largest absolute Gasteiger partial charge is 0.452 e. The molecule has 1 amide bonds. The van der Waals surface area contributed by atoms with Crippen LogP contribution in [-0.2, 0) is 19.4 Å². The van der Waals surface area contributed by atoms with Gasteiger partial charge in [-0.3, -0.25) is 4.79 Å². The van der Waals surface area contributed by atoms with Crippen molar-refractivity contribution in [2.75, 3.05) is 30.9 Å². The van der Waals surface area contributed by atoms with E-state index < -0.39 is 28.3 Å². The van der Waals surface area contributed by atoms with Crippen molar-refractivity contribution in [3.63, 3.8) is 0 Å². The van der Waals surface area contributed by atoms with Crippen LogP contribution in [0.3, 0.4) is 0 Å². The maximum absolute atomic E-state index is 12.3. The lowest BCUT2D eigenvalue weighted by Gasteiger charge is -2.26. The number of hydrogen-bond donors (Lipinski definition) is 0. The number of nitrogens with zero attached hydrogens (tertiary/aromatic N) is 1. The summed E-state index contributed by atoms with van der Waals surface area (Å²) >= 11 is 7.48. The molecule has 6 nitrogen and oxygen atoms in total. The van der Waals surface area contributed by atoms with E-state index in [0.29, 0.717) is 13.0 Å². The molecule has 0 radical (unpaired) electrons. The smallest absolute Gasteiger partial charge is 0.340 e. The van der Waals surface area contributed by atoms with Crippen LogP contribution >= 0.6 is 23.4 Å². The Morgan fingerprint density at radius 2 is 2.12 bits per heavy atom. The van der Waals surface area contributed by atoms with Crippen molar-refractivity contribution >= 4 is 45.1 Å². The zero-order chi connectivity index (χ0) is 18.6. The van der Waals surface area contributed by atoms with Gasteiger partial charge < -0.3 is 9.64 Å². The van der Waals surface area contributed by atoms with Crippen LogP contribution in [0.4, 0.5) is 0 Å². The Balaban J connectivity index is 2.00. The van der Waals surface area contributed by atoms with E-state index in [-0.39, 0.29) is 28.1 Å². The Labute approximate surface area is 156 Å². The van der Waals surface area contributed by atoms with Gasteiger partial charge in [-0.15, -0.1) is 11.8 Å². The number of amides is 1. The Bertz CT molecular complexity index is 766. The van der Waals surface area contributed by atoms with Gasteiger partial charge in [0.1, 0.15) is 0 Å². The molecule has 1 saturated heterocycles. The van der Waals surface area contributed by atoms with Crippen LogP contribution in [0.2, 0.25) is 5.02 Å². The second-order valence-corrected chi connectivity index (χ2v) is 9.17. The van der Waals surface area contributed by atoms with Gasteiger partial charge >= 0.3 is 5.97 Å². The van der Waals surface area contributed by atoms with Crippen LogP contribution in [0, 0.1) is 0 Å². The fourth-order valence-corrected chi connectivity index (χ4v) is 5.10. The molecule has 1 aliphatic rings. The molecule has 0 saturated carbocycles. The van der Waals surface area contributed by atoms with E-state index in [2.05, 4.69) is 0 Å². The summed E-state index contributed by atoms with van der Waals surface area (Å²) < 4.78 is 28.3. The van der Waals surface area contributed by atoms with Gasteiger partial charge in [0.05, 0.1) is 22.1 Å². The minimum absolute atomic E-state index is 0.0396. The normalized spacial score (nSPS) is 18.8. The topological polar surface area (TPSA) is 80.8 Å². The van der Waals surface area contributed by atoms with E-state index in [0.717, 1.165) is 4.90 Å². The van der Waals surface area contributed by atoms with Crippen LogP contribution in [0.15, 0.2) is 23.1 Å². The minimum Gasteiger partial charge on any atom is -0.452 e. The highest BCUT2D eigenvalue weighted by Crippen LogP contribution is 2.24. The van der Waals surface area contributed by atoms with Crippen LogP contribution in [-0.4, -0.2) is 62.1 Å². The zero-order valence-electron chi connectivity index (χ0n) is 14.0. The molecule has 25 heavy (non-hydrogen) atoms. The minimum atomic E-state index is -3.09. The van der Waals surface area contributed by atoms with Crippen molar-refractivity contribution in [3.05, 3.63) is 28.8 Å². The third-order valence-electron chi connectivity index (χ3n) is 4.03. The fraction of sp³-hybridized carbons (Fsp3) is 0.500. The van der Waals surface area contributed by atoms with Gasteiger partial charge in [0.15, 0.2) is 16.4 Å². The van der Waals surface area contributed by atoms with Crippen molar-refractivity contribution in [2.45, 2.75) is 24.3 Å². The summed E-state index contributed by atoms with van der Waals surface area (Å²) in [5.74, 6) is -1.04. The first-order valence-corrected chi connectivity index (χ1v) is 11.2. The number of rotatable bonds is 6. The average molecular weight is 406 g/mol. The number of carbonyl (C=O) groups is 2. The molecular weight excluding hydrogens is 386 g/mol. The summed E-state index contributed by atoms with van der Waals surface area (Å²) in [6, 6.07) is 4.65. The summed E-state index contributed by atoms with van der Waals surface area (Å²) in [4.78, 5) is 26.8. The van der Waals surface area contributed by atoms with Crippen LogP contribution in [0.25, 0.3) is 0 Å². The molecular formula is C16H20ClNO5S2. The molecule has 2 rings (SSSR count). The van der Waals surface area contributed by atoms with E-state index >= 15 is 0 Å². The van der Waals surface area contributed by atoms with Gasteiger partial charge in [0, 0.05) is 17.5 Å². The van der Waals surface area contributed by atoms with E-state index in [1.807, 2.05) is 6.26 Å². The zero-order valence-corrected chi connectivity index (χ0v) is 16.4. The number of sulfone groups is 1. The molecule has 1 aromatic carbocycles. The summed E-state index contributed by atoms with van der Waals surface area (Å²) in [5, 5.41) is 0.254. The summed E-state index contributed by atoms with van der Waals surface area (Å²) in [7, 11) is -3.09. The van der Waals surface area contributed by atoms with Crippen LogP contribution in [0.1, 0.15) is 23.7 Å². The third-order valence-corrected chi connectivity index (χ3v) is 6.84. The van der Waals surface area contributed by atoms with Crippen molar-refractivity contribution < 1.29 is 22.7 Å². The Morgan fingerprint density at radius 1 is 1.40 bits per heavy atom. The van der Waals surface area contributed by atoms with Crippen molar-refractivity contribution in [1.82, 2.24) is 4.90 Å². The predicted molar refractivity (Wildman–Crippen MR) is 98.0 cm³/mol. The Kier molecular flexibility index (Phi) is 6.76. The predicted octanol–water partition coefficient (Wildman–Crippen LogP) is 2.25. The molecule has 0 unspecified atom stereocenters. The third kappa shape index (κ3) is 5.12. The first-order chi connectivity index (χ1) is 11.8. The molecule has 0 aliphatic carbocycles. The van der Waals surface area contributed by atoms with Crippen molar-refractivity contribution in [1.29, 1.82) is 0 Å². The number of hydrogen-bond acceptors (Lipinski definition) is 6. The first kappa shape index (κ1) is 20.1. The van der Waals surface area contributed by atoms with E-state index in [9.17, 15) is 18.0 Å². The van der Waals surface area contributed by atoms with Crippen LogP contribution < -0.4 is 0 Å². The van der Waals surface area contributed by atoms with Gasteiger partial charge in [0.2, 0.25) is 0 Å². The van der Waals surface area contributed by atoms with Gasteiger partial charge in [-0.1, -0.05) is 11.6 Å². The molecule has 1 fully saturated rings. The Hall–Kier alpha value is -1.25. The number of carbonyl (C=O) groups excluding carboxylic acids is 2. The van der Waals surface area contributed by atoms with E-state index in [4.69, 9.17) is 16.3 Å². The van der Waals surface area contributed by atoms with Crippen molar-refractivity contribution in [3.8, 4) is 0 Å². The summed E-state index contributed by atoms with van der Waals surface area (Å²) in [5.41, 5.74) is 0.202. The molecule has 0 spiro atoms. The highest BCUT2D eigenvalue weighted by Gasteiger charge is 2.34. The highest BCUT2D eigenvalue weighted by molar-refractivity contribution is 7.98. The van der Waals surface area contributed by atoms with E-state index in [1.54, 1.807) is 25.1 Å². The second kappa shape index (κ2) is 8.42. The highest BCUT2D eigenvalue weighted by atomic mass is 35.5. The van der Waals surface area contributed by atoms with Gasteiger partial charge in [0.25, 0.3) is 5.91 Å². The average Bonchev–Trinajstić information content (AvgIpc) is 2.93. The molecule has 1 aliphatic heterocycles. The SMILES string of the molecule is CCN(C(=O)COC(=O)c1cc(SC)ccc1Cl)[C@H]1CCS(=O)(=O)C1. The molecule has 0 N–H and O–H groups in total. The van der Waals surface area contributed by atoms with Crippen LogP contribution in [0.5, 0.6) is 0 Å². The lowest BCUT2D eigenvalue weighted by Crippen LogP contribution is -2.43. The maximum atomic E-state index is 12.3. The molecule has 9 heteroatoms. The lowest BCUT2D eigenvalue weighted by atomic mass is 10.2. The summed E-state index contributed by atoms with van der Waals surface area (Å²) in [6.07, 6.45) is 2.29. The number of halogens is 1. The Morgan fingerprint density at radius 3 is 2.68 bits per heavy atom. The number of ether oxygens (including phenoxy) is 1. The number of likely N-dealkylation sites (N-methyl/N-ethyl adjacent to an activating group) is 1. The van der Waals surface area contributed by atoms with Gasteiger partial charge in [-0.05, 0) is 37.8 Å². The maximum Gasteiger partial charge on any atom is 0.340 e. The first-order valence-electron chi connectivity index (χ1n) is 7.78. The number of benzene rings is 1. The number of thioether (sulfide) groups is 1. The quantitative estimate of drug-likeness (QED) is 0.533. The van der Waals surface area contributed by atoms with Gasteiger partial charge in [-0.25, -0.2) is 13.2 Å². The second-order valence-electron chi connectivity index (χ2n) is 5.66. The summed E-state index contributed by atoms with van der Waals surface area (Å²) in [6.45, 7) is 1.69. The van der Waals surface area contributed by atoms with Gasteiger partial charge in [-0.2, -0.15) is 0 Å². The molecule has 1 heterocycles. The monoisotopic (exact) mass is 405 g/mol. The molecule has 138 valence electrons.